The number of benzene rings is 6. The number of aromatic nitrogens is 3. The van der Waals surface area contributed by atoms with Crippen molar-refractivity contribution in [2.75, 3.05) is 0 Å². The second-order valence-corrected chi connectivity index (χ2v) is 10.5. The molecule has 7 rings (SSSR count). The van der Waals surface area contributed by atoms with Crippen molar-refractivity contribution in [2.45, 2.75) is 5.41 Å². The van der Waals surface area contributed by atoms with E-state index >= 15 is 0 Å². The first kappa shape index (κ1) is 26.2. The van der Waals surface area contributed by atoms with Gasteiger partial charge in [-0.1, -0.05) is 176 Å². The van der Waals surface area contributed by atoms with Gasteiger partial charge in [-0.25, -0.2) is 15.0 Å². The highest BCUT2D eigenvalue weighted by Crippen LogP contribution is 2.45. The monoisotopic (exact) mass is 551 g/mol. The maximum atomic E-state index is 4.94. The molecule has 7 aromatic rings. The lowest BCUT2D eigenvalue weighted by Gasteiger charge is -2.37. The molecule has 0 unspecified atom stereocenters. The standard InChI is InChI=1S/C40H29N3/c1-6-16-30(17-7-1)37-41-38(31-18-8-2-9-19-31)43-39(42-37)32-26-28-36(29-27-32)40(33-20-10-3-11-21-33,34-22-12-4-13-23-34)35-24-14-5-15-25-35/h1-29H. The van der Waals surface area contributed by atoms with E-state index in [4.69, 9.17) is 15.0 Å². The Balaban J connectivity index is 1.41. The first-order valence-corrected chi connectivity index (χ1v) is 14.5. The van der Waals surface area contributed by atoms with E-state index in [1.165, 1.54) is 22.3 Å². The third-order valence-corrected chi connectivity index (χ3v) is 7.90. The van der Waals surface area contributed by atoms with E-state index in [2.05, 4.69) is 115 Å². The van der Waals surface area contributed by atoms with Gasteiger partial charge in [0.2, 0.25) is 0 Å². The topological polar surface area (TPSA) is 38.7 Å². The van der Waals surface area contributed by atoms with E-state index in [9.17, 15) is 0 Å². The van der Waals surface area contributed by atoms with Gasteiger partial charge in [-0.2, -0.15) is 0 Å². The van der Waals surface area contributed by atoms with Gasteiger partial charge in [0.1, 0.15) is 0 Å². The Hall–Kier alpha value is -5.67. The lowest BCUT2D eigenvalue weighted by molar-refractivity contribution is 0.745. The molecular formula is C40H29N3. The first-order valence-electron chi connectivity index (χ1n) is 14.5. The van der Waals surface area contributed by atoms with Crippen molar-refractivity contribution in [3.63, 3.8) is 0 Å². The molecule has 0 aliphatic carbocycles. The second-order valence-electron chi connectivity index (χ2n) is 10.5. The maximum Gasteiger partial charge on any atom is 0.164 e. The van der Waals surface area contributed by atoms with Gasteiger partial charge in [-0.05, 0) is 22.3 Å². The van der Waals surface area contributed by atoms with Crippen LogP contribution in [0.25, 0.3) is 34.2 Å². The minimum atomic E-state index is -0.508. The summed E-state index contributed by atoms with van der Waals surface area (Å²) in [6.45, 7) is 0. The third kappa shape index (κ3) is 5.02. The molecule has 1 heterocycles. The fraction of sp³-hybridized carbons (Fsp3) is 0.0250. The zero-order valence-electron chi connectivity index (χ0n) is 23.6. The highest BCUT2D eigenvalue weighted by Gasteiger charge is 2.38. The van der Waals surface area contributed by atoms with Crippen LogP contribution in [0.15, 0.2) is 176 Å². The van der Waals surface area contributed by atoms with Crippen LogP contribution in [0.3, 0.4) is 0 Å². The van der Waals surface area contributed by atoms with Gasteiger partial charge in [0.15, 0.2) is 17.5 Å². The normalized spacial score (nSPS) is 11.3. The highest BCUT2D eigenvalue weighted by atomic mass is 15.0. The van der Waals surface area contributed by atoms with E-state index in [1.807, 2.05) is 60.7 Å². The average molecular weight is 552 g/mol. The Labute approximate surface area is 252 Å². The lowest BCUT2D eigenvalue weighted by atomic mass is 9.65. The predicted molar refractivity (Wildman–Crippen MR) is 174 cm³/mol. The summed E-state index contributed by atoms with van der Waals surface area (Å²) >= 11 is 0. The van der Waals surface area contributed by atoms with E-state index in [-0.39, 0.29) is 0 Å². The van der Waals surface area contributed by atoms with Crippen molar-refractivity contribution in [1.82, 2.24) is 15.0 Å². The zero-order chi connectivity index (χ0) is 28.9. The van der Waals surface area contributed by atoms with Crippen LogP contribution >= 0.6 is 0 Å². The highest BCUT2D eigenvalue weighted by molar-refractivity contribution is 5.68. The molecule has 0 spiro atoms. The minimum absolute atomic E-state index is 0.508. The van der Waals surface area contributed by atoms with Crippen LogP contribution < -0.4 is 0 Å². The van der Waals surface area contributed by atoms with Crippen LogP contribution in [0.4, 0.5) is 0 Å². The molecular weight excluding hydrogens is 522 g/mol. The largest absolute Gasteiger partial charge is 0.208 e. The number of rotatable bonds is 7. The van der Waals surface area contributed by atoms with Gasteiger partial charge >= 0.3 is 0 Å². The zero-order valence-corrected chi connectivity index (χ0v) is 23.6. The van der Waals surface area contributed by atoms with Gasteiger partial charge in [-0.15, -0.1) is 0 Å². The SMILES string of the molecule is c1ccc(-c2nc(-c3ccccc3)nc(-c3ccc(C(c4ccccc4)(c4ccccc4)c4ccccc4)cc3)n2)cc1. The van der Waals surface area contributed by atoms with Crippen LogP contribution in [0.1, 0.15) is 22.3 Å². The molecule has 43 heavy (non-hydrogen) atoms. The summed E-state index contributed by atoms with van der Waals surface area (Å²) < 4.78 is 0. The summed E-state index contributed by atoms with van der Waals surface area (Å²) in [5, 5.41) is 0. The van der Waals surface area contributed by atoms with Crippen molar-refractivity contribution in [2.24, 2.45) is 0 Å². The smallest absolute Gasteiger partial charge is 0.164 e. The molecule has 204 valence electrons. The third-order valence-electron chi connectivity index (χ3n) is 7.90. The molecule has 0 fully saturated rings. The summed E-state index contributed by atoms with van der Waals surface area (Å²) in [6, 6.07) is 61.1. The van der Waals surface area contributed by atoms with Crippen LogP contribution in [0.5, 0.6) is 0 Å². The fourth-order valence-corrected chi connectivity index (χ4v) is 5.87. The molecule has 0 radical (unpaired) electrons. The Kier molecular flexibility index (Phi) is 7.12. The Bertz CT molecular complexity index is 1770. The van der Waals surface area contributed by atoms with Gasteiger partial charge in [-0.3, -0.25) is 0 Å². The lowest BCUT2D eigenvalue weighted by Crippen LogP contribution is -2.30. The number of hydrogen-bond donors (Lipinski definition) is 0. The van der Waals surface area contributed by atoms with Gasteiger partial charge in [0, 0.05) is 16.7 Å². The van der Waals surface area contributed by atoms with Crippen molar-refractivity contribution in [3.05, 3.63) is 198 Å². The van der Waals surface area contributed by atoms with Crippen molar-refractivity contribution >= 4 is 0 Å². The molecule has 0 aliphatic rings. The molecule has 6 aromatic carbocycles. The molecule has 0 bridgehead atoms. The van der Waals surface area contributed by atoms with Crippen molar-refractivity contribution in [1.29, 1.82) is 0 Å². The number of hydrogen-bond acceptors (Lipinski definition) is 3. The van der Waals surface area contributed by atoms with Gasteiger partial charge < -0.3 is 0 Å². The molecule has 0 aliphatic heterocycles. The summed E-state index contributed by atoms with van der Waals surface area (Å²) in [7, 11) is 0. The van der Waals surface area contributed by atoms with E-state index < -0.39 is 5.41 Å². The summed E-state index contributed by atoms with van der Waals surface area (Å²) in [5.41, 5.74) is 7.12. The Morgan fingerprint density at radius 3 is 0.837 bits per heavy atom. The molecule has 0 saturated heterocycles. The van der Waals surface area contributed by atoms with Gasteiger partial charge in [0.25, 0.3) is 0 Å². The maximum absolute atomic E-state index is 4.94. The van der Waals surface area contributed by atoms with E-state index in [1.54, 1.807) is 0 Å². The average Bonchev–Trinajstić information content (AvgIpc) is 3.11. The summed E-state index contributed by atoms with van der Waals surface area (Å²) in [5.74, 6) is 1.95. The molecule has 0 amide bonds. The summed E-state index contributed by atoms with van der Waals surface area (Å²) in [4.78, 5) is 14.7. The van der Waals surface area contributed by atoms with Crippen molar-refractivity contribution < 1.29 is 0 Å². The molecule has 0 atom stereocenters. The molecule has 0 saturated carbocycles. The molecule has 3 heteroatoms. The molecule has 3 nitrogen and oxygen atoms in total. The van der Waals surface area contributed by atoms with E-state index in [0.717, 1.165) is 16.7 Å². The van der Waals surface area contributed by atoms with Crippen LogP contribution in [0.2, 0.25) is 0 Å². The van der Waals surface area contributed by atoms with Crippen LogP contribution in [-0.4, -0.2) is 15.0 Å². The van der Waals surface area contributed by atoms with Crippen LogP contribution in [0, 0.1) is 0 Å². The van der Waals surface area contributed by atoms with Gasteiger partial charge in [0.05, 0.1) is 5.41 Å². The molecule has 1 aromatic heterocycles. The number of nitrogens with zero attached hydrogens (tertiary/aromatic N) is 3. The minimum Gasteiger partial charge on any atom is -0.208 e. The summed E-state index contributed by atoms with van der Waals surface area (Å²) in [6.07, 6.45) is 0. The fourth-order valence-electron chi connectivity index (χ4n) is 5.87. The first-order chi connectivity index (χ1) is 21.3. The van der Waals surface area contributed by atoms with Crippen molar-refractivity contribution in [3.8, 4) is 34.2 Å². The van der Waals surface area contributed by atoms with E-state index in [0.29, 0.717) is 17.5 Å². The Morgan fingerprint density at radius 1 is 0.256 bits per heavy atom. The predicted octanol–water partition coefficient (Wildman–Crippen LogP) is 9.26. The Morgan fingerprint density at radius 2 is 0.512 bits per heavy atom. The van der Waals surface area contributed by atoms with Crippen LogP contribution in [-0.2, 0) is 5.41 Å². The molecule has 0 N–H and O–H groups in total. The quantitative estimate of drug-likeness (QED) is 0.185. The second kappa shape index (κ2) is 11.7.